The highest BCUT2D eigenvalue weighted by molar-refractivity contribution is 6.09. The molecule has 0 radical (unpaired) electrons. The first kappa shape index (κ1) is 18.3. The molecule has 0 saturated carbocycles. The lowest BCUT2D eigenvalue weighted by Gasteiger charge is -2.32. The van der Waals surface area contributed by atoms with E-state index in [0.717, 1.165) is 6.42 Å². The summed E-state index contributed by atoms with van der Waals surface area (Å²) in [6, 6.07) is 6.22. The zero-order valence-electron chi connectivity index (χ0n) is 14.6. The number of ether oxygens (including phenoxy) is 1. The van der Waals surface area contributed by atoms with Crippen LogP contribution in [0.2, 0.25) is 0 Å². The lowest BCUT2D eigenvalue weighted by Crippen LogP contribution is -2.62. The number of aliphatic hydroxyl groups is 1. The highest BCUT2D eigenvalue weighted by Crippen LogP contribution is 2.47. The van der Waals surface area contributed by atoms with Gasteiger partial charge in [0.05, 0.1) is 24.5 Å². The van der Waals surface area contributed by atoms with Gasteiger partial charge in [0.15, 0.2) is 5.54 Å². The molecule has 5 unspecified atom stereocenters. The quantitative estimate of drug-likeness (QED) is 0.533. The van der Waals surface area contributed by atoms with Crippen molar-refractivity contribution in [1.82, 2.24) is 10.6 Å². The maximum absolute atomic E-state index is 12.3. The van der Waals surface area contributed by atoms with Crippen molar-refractivity contribution < 1.29 is 29.3 Å². The number of amides is 2. The van der Waals surface area contributed by atoms with Crippen molar-refractivity contribution >= 4 is 17.8 Å². The molecule has 1 aromatic carbocycles. The van der Waals surface area contributed by atoms with Crippen LogP contribution in [-0.4, -0.2) is 46.2 Å². The van der Waals surface area contributed by atoms with Gasteiger partial charge < -0.3 is 14.9 Å². The summed E-state index contributed by atoms with van der Waals surface area (Å²) in [6.45, 7) is 3.87. The summed E-state index contributed by atoms with van der Waals surface area (Å²) in [6.07, 6.45) is -0.505. The van der Waals surface area contributed by atoms with E-state index in [-0.39, 0.29) is 0 Å². The Morgan fingerprint density at radius 3 is 2.46 bits per heavy atom. The van der Waals surface area contributed by atoms with Crippen molar-refractivity contribution in [2.75, 3.05) is 6.61 Å². The van der Waals surface area contributed by atoms with E-state index in [1.807, 2.05) is 6.92 Å². The molecule has 2 aliphatic heterocycles. The molecule has 0 aromatic heterocycles. The number of carboxylic acid groups (broad SMARTS) is 1. The minimum absolute atomic E-state index is 0.535. The minimum atomic E-state index is -1.93. The fourth-order valence-electron chi connectivity index (χ4n) is 3.90. The average Bonchev–Trinajstić information content (AvgIpc) is 3.11. The molecule has 2 amide bonds. The molecule has 26 heavy (non-hydrogen) atoms. The van der Waals surface area contributed by atoms with Crippen LogP contribution >= 0.6 is 0 Å². The summed E-state index contributed by atoms with van der Waals surface area (Å²) in [5.74, 6) is -4.01. The summed E-state index contributed by atoms with van der Waals surface area (Å²) in [4.78, 5) is 36.6. The van der Waals surface area contributed by atoms with Crippen LogP contribution in [0.5, 0.6) is 5.75 Å². The Balaban J connectivity index is 1.99. The number of hydrogen-bond acceptors (Lipinski definition) is 6. The monoisotopic (exact) mass is 362 g/mol. The lowest BCUT2D eigenvalue weighted by atomic mass is 9.76. The normalized spacial score (nSPS) is 31.4. The Morgan fingerprint density at radius 1 is 1.27 bits per heavy atom. The number of aliphatic hydroxyl groups excluding tert-OH is 1. The third kappa shape index (κ3) is 2.65. The topological polar surface area (TPSA) is 125 Å². The molecule has 0 bridgehead atoms. The number of aliphatic carboxylic acids is 1. The Morgan fingerprint density at radius 2 is 1.92 bits per heavy atom. The van der Waals surface area contributed by atoms with Crippen LogP contribution in [0.25, 0.3) is 0 Å². The van der Waals surface area contributed by atoms with Gasteiger partial charge >= 0.3 is 5.97 Å². The first-order valence-corrected chi connectivity index (χ1v) is 8.59. The molecule has 8 heteroatoms. The highest BCUT2D eigenvalue weighted by Gasteiger charge is 2.68. The first-order valence-electron chi connectivity index (χ1n) is 8.59. The number of hydrogen-bond donors (Lipinski definition) is 4. The van der Waals surface area contributed by atoms with Crippen LogP contribution in [0.1, 0.15) is 31.9 Å². The standard InChI is InChI=1S/C18H22N2O6/c1-3-8-26-11-6-4-10(5-7-11)14-12-13(16(23)19-15(12)22)18(20-14,9(2)21)17(24)25/h4-7,9,12-14,20-21H,3,8H2,1-2H3,(H,24,25)(H,19,22,23). The van der Waals surface area contributed by atoms with Crippen molar-refractivity contribution in [2.45, 2.75) is 38.0 Å². The molecule has 140 valence electrons. The van der Waals surface area contributed by atoms with Crippen molar-refractivity contribution in [1.29, 1.82) is 0 Å². The molecule has 8 nitrogen and oxygen atoms in total. The number of rotatable bonds is 6. The third-order valence-corrected chi connectivity index (χ3v) is 5.16. The van der Waals surface area contributed by atoms with Gasteiger partial charge in [-0.2, -0.15) is 0 Å². The fraction of sp³-hybridized carbons (Fsp3) is 0.500. The van der Waals surface area contributed by atoms with Gasteiger partial charge in [-0.1, -0.05) is 19.1 Å². The van der Waals surface area contributed by atoms with E-state index in [9.17, 15) is 24.6 Å². The van der Waals surface area contributed by atoms with Gasteiger partial charge in [-0.25, -0.2) is 0 Å². The predicted molar refractivity (Wildman–Crippen MR) is 90.3 cm³/mol. The van der Waals surface area contributed by atoms with Crippen LogP contribution < -0.4 is 15.4 Å². The molecule has 5 atom stereocenters. The number of imide groups is 1. The van der Waals surface area contributed by atoms with Crippen LogP contribution in [0, 0.1) is 11.8 Å². The molecule has 0 spiro atoms. The van der Waals surface area contributed by atoms with Gasteiger partial charge in [0, 0.05) is 6.04 Å². The molecular formula is C18H22N2O6. The second-order valence-corrected chi connectivity index (χ2v) is 6.75. The first-order chi connectivity index (χ1) is 12.3. The van der Waals surface area contributed by atoms with Gasteiger partial charge in [-0.3, -0.25) is 25.0 Å². The number of carboxylic acids is 1. The van der Waals surface area contributed by atoms with Crippen molar-refractivity contribution in [3.8, 4) is 5.75 Å². The molecule has 2 aliphatic rings. The molecule has 2 saturated heterocycles. The number of nitrogens with one attached hydrogen (secondary N) is 2. The van der Waals surface area contributed by atoms with Crippen LogP contribution in [0.4, 0.5) is 0 Å². The third-order valence-electron chi connectivity index (χ3n) is 5.16. The van der Waals surface area contributed by atoms with Crippen molar-refractivity contribution in [3.63, 3.8) is 0 Å². The summed E-state index contributed by atoms with van der Waals surface area (Å²) in [7, 11) is 0. The lowest BCUT2D eigenvalue weighted by molar-refractivity contribution is -0.154. The zero-order chi connectivity index (χ0) is 19.1. The largest absolute Gasteiger partial charge is 0.494 e. The molecule has 2 fully saturated rings. The summed E-state index contributed by atoms with van der Waals surface area (Å²) in [5.41, 5.74) is -1.28. The fourth-order valence-corrected chi connectivity index (χ4v) is 3.90. The Hall–Kier alpha value is -2.45. The van der Waals surface area contributed by atoms with Gasteiger partial charge in [-0.15, -0.1) is 0 Å². The van der Waals surface area contributed by atoms with Gasteiger partial charge in [0.2, 0.25) is 11.8 Å². The van der Waals surface area contributed by atoms with E-state index in [0.29, 0.717) is 17.9 Å². The molecule has 2 heterocycles. The van der Waals surface area contributed by atoms with E-state index in [2.05, 4.69) is 10.6 Å². The van der Waals surface area contributed by atoms with Crippen LogP contribution in [0.3, 0.4) is 0 Å². The van der Waals surface area contributed by atoms with E-state index in [1.165, 1.54) is 6.92 Å². The molecule has 0 aliphatic carbocycles. The molecule has 3 rings (SSSR count). The van der Waals surface area contributed by atoms with Crippen LogP contribution in [0.15, 0.2) is 24.3 Å². The van der Waals surface area contributed by atoms with E-state index in [1.54, 1.807) is 24.3 Å². The van der Waals surface area contributed by atoms with Gasteiger partial charge in [-0.05, 0) is 31.0 Å². The summed E-state index contributed by atoms with van der Waals surface area (Å²) < 4.78 is 5.53. The average molecular weight is 362 g/mol. The predicted octanol–water partition coefficient (Wildman–Crippen LogP) is 0.213. The number of fused-ring (bicyclic) bond motifs is 1. The SMILES string of the molecule is CCCOc1ccc(C2NC(C(=O)O)(C(C)O)C3C(=O)NC(=O)C23)cc1. The second-order valence-electron chi connectivity index (χ2n) is 6.75. The van der Waals surface area contributed by atoms with Gasteiger partial charge in [0.25, 0.3) is 0 Å². The Bertz CT molecular complexity index is 732. The van der Waals surface area contributed by atoms with Crippen LogP contribution in [-0.2, 0) is 14.4 Å². The van der Waals surface area contributed by atoms with E-state index < -0.39 is 47.3 Å². The molecular weight excluding hydrogens is 340 g/mol. The summed E-state index contributed by atoms with van der Waals surface area (Å²) in [5, 5.41) is 25.0. The minimum Gasteiger partial charge on any atom is -0.494 e. The second kappa shape index (κ2) is 6.69. The zero-order valence-corrected chi connectivity index (χ0v) is 14.6. The van der Waals surface area contributed by atoms with E-state index >= 15 is 0 Å². The maximum Gasteiger partial charge on any atom is 0.327 e. The Labute approximate surface area is 150 Å². The Kier molecular flexibility index (Phi) is 4.72. The summed E-state index contributed by atoms with van der Waals surface area (Å²) >= 11 is 0. The number of carbonyl (C=O) groups is 3. The van der Waals surface area contributed by atoms with Crippen molar-refractivity contribution in [2.24, 2.45) is 11.8 Å². The molecule has 1 aromatic rings. The molecule has 4 N–H and O–H groups in total. The van der Waals surface area contributed by atoms with Crippen molar-refractivity contribution in [3.05, 3.63) is 29.8 Å². The highest BCUT2D eigenvalue weighted by atomic mass is 16.5. The smallest absolute Gasteiger partial charge is 0.327 e. The number of benzene rings is 1. The maximum atomic E-state index is 12.3. The van der Waals surface area contributed by atoms with E-state index in [4.69, 9.17) is 4.74 Å². The van der Waals surface area contributed by atoms with Gasteiger partial charge in [0.1, 0.15) is 5.75 Å². The number of carbonyl (C=O) groups excluding carboxylic acids is 2.